The Morgan fingerprint density at radius 1 is 1.18 bits per heavy atom. The van der Waals surface area contributed by atoms with Gasteiger partial charge in [-0.05, 0) is 37.6 Å². The Morgan fingerprint density at radius 3 is 2.65 bits per heavy atom. The van der Waals surface area contributed by atoms with E-state index >= 15 is 0 Å². The van der Waals surface area contributed by atoms with E-state index in [4.69, 9.17) is 11.6 Å². The van der Waals surface area contributed by atoms with E-state index in [1.165, 1.54) is 12.1 Å². The topological polar surface area (TPSA) is 25.8 Å². The fraction of sp³-hybridized carbons (Fsp3) is 0.231. The van der Waals surface area contributed by atoms with Crippen molar-refractivity contribution in [1.29, 1.82) is 0 Å². The first kappa shape index (κ1) is 12.0. The van der Waals surface area contributed by atoms with Crippen LogP contribution in [-0.4, -0.2) is 9.97 Å². The van der Waals surface area contributed by atoms with Crippen LogP contribution in [0.15, 0.2) is 24.3 Å². The lowest BCUT2D eigenvalue weighted by atomic mass is 10.1. The van der Waals surface area contributed by atoms with Gasteiger partial charge in [-0.2, -0.15) is 0 Å². The van der Waals surface area contributed by atoms with Crippen LogP contribution in [0.5, 0.6) is 0 Å². The van der Waals surface area contributed by atoms with E-state index in [2.05, 4.69) is 9.97 Å². The third kappa shape index (κ3) is 2.61. The number of nitrogens with zero attached hydrogens (tertiary/aromatic N) is 2. The highest BCUT2D eigenvalue weighted by atomic mass is 35.5. The van der Waals surface area contributed by atoms with Crippen molar-refractivity contribution in [1.82, 2.24) is 9.97 Å². The van der Waals surface area contributed by atoms with Crippen molar-refractivity contribution in [3.8, 4) is 11.4 Å². The van der Waals surface area contributed by atoms with Crippen LogP contribution < -0.4 is 0 Å². The summed E-state index contributed by atoms with van der Waals surface area (Å²) >= 11 is 5.77. The first-order chi connectivity index (χ1) is 8.10. The van der Waals surface area contributed by atoms with Crippen molar-refractivity contribution in [2.45, 2.75) is 19.7 Å². The number of halogens is 2. The van der Waals surface area contributed by atoms with Crippen LogP contribution >= 0.6 is 11.6 Å². The van der Waals surface area contributed by atoms with E-state index < -0.39 is 0 Å². The Bertz CT molecular complexity index is 555. The molecule has 0 atom stereocenters. The van der Waals surface area contributed by atoms with Crippen molar-refractivity contribution < 1.29 is 4.39 Å². The Morgan fingerprint density at radius 2 is 1.94 bits per heavy atom. The van der Waals surface area contributed by atoms with Crippen LogP contribution in [0.25, 0.3) is 11.4 Å². The lowest BCUT2D eigenvalue weighted by Crippen LogP contribution is -1.98. The molecule has 0 saturated heterocycles. The lowest BCUT2D eigenvalue weighted by Gasteiger charge is -2.07. The smallest absolute Gasteiger partial charge is 0.160 e. The molecule has 0 radical (unpaired) electrons. The van der Waals surface area contributed by atoms with Gasteiger partial charge in [0, 0.05) is 11.3 Å². The molecule has 0 aliphatic heterocycles. The Hall–Kier alpha value is -1.48. The summed E-state index contributed by atoms with van der Waals surface area (Å²) in [7, 11) is 0. The Labute approximate surface area is 104 Å². The number of rotatable bonds is 2. The minimum Gasteiger partial charge on any atom is -0.233 e. The largest absolute Gasteiger partial charge is 0.233 e. The van der Waals surface area contributed by atoms with Gasteiger partial charge in [-0.1, -0.05) is 6.07 Å². The summed E-state index contributed by atoms with van der Waals surface area (Å²) < 4.78 is 13.2. The van der Waals surface area contributed by atoms with Crippen molar-refractivity contribution in [2.75, 3.05) is 0 Å². The number of hydrogen-bond donors (Lipinski definition) is 0. The average molecular weight is 251 g/mol. The van der Waals surface area contributed by atoms with Gasteiger partial charge in [0.15, 0.2) is 5.82 Å². The molecular formula is C13H12ClFN2. The minimum atomic E-state index is -0.289. The monoisotopic (exact) mass is 250 g/mol. The second-order valence-corrected chi connectivity index (χ2v) is 4.18. The highest BCUT2D eigenvalue weighted by Crippen LogP contribution is 2.21. The molecule has 2 aromatic rings. The van der Waals surface area contributed by atoms with Gasteiger partial charge < -0.3 is 0 Å². The first-order valence-electron chi connectivity index (χ1n) is 5.27. The quantitative estimate of drug-likeness (QED) is 0.761. The first-order valence-corrected chi connectivity index (χ1v) is 5.80. The van der Waals surface area contributed by atoms with Crippen LogP contribution in [-0.2, 0) is 5.88 Å². The number of benzene rings is 1. The fourth-order valence-corrected chi connectivity index (χ4v) is 1.79. The highest BCUT2D eigenvalue weighted by Gasteiger charge is 2.08. The molecule has 17 heavy (non-hydrogen) atoms. The minimum absolute atomic E-state index is 0.289. The molecule has 88 valence electrons. The summed E-state index contributed by atoms with van der Waals surface area (Å²) in [6.45, 7) is 3.77. The van der Waals surface area contributed by atoms with Crippen LogP contribution in [0.2, 0.25) is 0 Å². The summed E-state index contributed by atoms with van der Waals surface area (Å²) in [6, 6.07) is 6.42. The van der Waals surface area contributed by atoms with Gasteiger partial charge in [-0.3, -0.25) is 0 Å². The van der Waals surface area contributed by atoms with E-state index in [9.17, 15) is 4.39 Å². The highest BCUT2D eigenvalue weighted by molar-refractivity contribution is 6.16. The molecule has 0 spiro atoms. The standard InChI is InChI=1S/C13H12ClFN2/c1-8-3-4-10(15)6-12(8)13-16-9(2)5-11(7-14)17-13/h3-6H,7H2,1-2H3. The van der Waals surface area contributed by atoms with Gasteiger partial charge in [0.1, 0.15) is 5.82 Å². The Kier molecular flexibility index (Phi) is 3.38. The van der Waals surface area contributed by atoms with E-state index in [0.717, 1.165) is 17.0 Å². The summed E-state index contributed by atoms with van der Waals surface area (Å²) in [5, 5.41) is 0. The van der Waals surface area contributed by atoms with E-state index in [0.29, 0.717) is 17.3 Å². The van der Waals surface area contributed by atoms with E-state index in [-0.39, 0.29) is 5.82 Å². The molecule has 1 heterocycles. The molecule has 0 fully saturated rings. The van der Waals surface area contributed by atoms with Crippen LogP contribution in [0, 0.1) is 19.7 Å². The number of aryl methyl sites for hydroxylation is 2. The second kappa shape index (κ2) is 4.80. The molecule has 0 N–H and O–H groups in total. The van der Waals surface area contributed by atoms with Gasteiger partial charge >= 0.3 is 0 Å². The molecule has 0 saturated carbocycles. The lowest BCUT2D eigenvalue weighted by molar-refractivity contribution is 0.627. The SMILES string of the molecule is Cc1cc(CCl)nc(-c2cc(F)ccc2C)n1. The van der Waals surface area contributed by atoms with Gasteiger partial charge in [0.25, 0.3) is 0 Å². The molecule has 4 heteroatoms. The maximum atomic E-state index is 13.2. The van der Waals surface area contributed by atoms with Gasteiger partial charge in [-0.15, -0.1) is 11.6 Å². The summed E-state index contributed by atoms with van der Waals surface area (Å²) in [4.78, 5) is 8.63. The summed E-state index contributed by atoms with van der Waals surface area (Å²) in [6.07, 6.45) is 0. The van der Waals surface area contributed by atoms with Crippen molar-refractivity contribution in [3.05, 3.63) is 47.0 Å². The maximum absolute atomic E-state index is 13.2. The molecule has 2 rings (SSSR count). The Balaban J connectivity index is 2.59. The second-order valence-electron chi connectivity index (χ2n) is 3.92. The fourth-order valence-electron chi connectivity index (χ4n) is 1.66. The predicted octanol–water partition coefficient (Wildman–Crippen LogP) is 3.64. The normalized spacial score (nSPS) is 10.6. The number of alkyl halides is 1. The zero-order valence-electron chi connectivity index (χ0n) is 9.67. The van der Waals surface area contributed by atoms with Crippen LogP contribution in [0.1, 0.15) is 17.0 Å². The molecule has 1 aromatic heterocycles. The van der Waals surface area contributed by atoms with Crippen molar-refractivity contribution in [3.63, 3.8) is 0 Å². The van der Waals surface area contributed by atoms with Crippen LogP contribution in [0.3, 0.4) is 0 Å². The molecule has 0 bridgehead atoms. The molecule has 1 aromatic carbocycles. The third-order valence-corrected chi connectivity index (χ3v) is 2.76. The van der Waals surface area contributed by atoms with E-state index in [1.807, 2.05) is 19.9 Å². The van der Waals surface area contributed by atoms with Gasteiger partial charge in [0.05, 0.1) is 11.6 Å². The molecule has 0 amide bonds. The predicted molar refractivity (Wildman–Crippen MR) is 66.5 cm³/mol. The van der Waals surface area contributed by atoms with Crippen molar-refractivity contribution in [2.24, 2.45) is 0 Å². The summed E-state index contributed by atoms with van der Waals surface area (Å²) in [5.74, 6) is 0.561. The molecule has 0 aliphatic rings. The van der Waals surface area contributed by atoms with Crippen LogP contribution in [0.4, 0.5) is 4.39 Å². The molecule has 2 nitrogen and oxygen atoms in total. The molecule has 0 unspecified atom stereocenters. The zero-order valence-corrected chi connectivity index (χ0v) is 10.4. The molecular weight excluding hydrogens is 239 g/mol. The average Bonchev–Trinajstić information content (AvgIpc) is 2.31. The zero-order chi connectivity index (χ0) is 12.4. The number of hydrogen-bond acceptors (Lipinski definition) is 2. The third-order valence-electron chi connectivity index (χ3n) is 2.48. The van der Waals surface area contributed by atoms with Crippen molar-refractivity contribution >= 4 is 11.6 Å². The molecule has 0 aliphatic carbocycles. The maximum Gasteiger partial charge on any atom is 0.160 e. The number of aromatic nitrogens is 2. The summed E-state index contributed by atoms with van der Waals surface area (Å²) in [5.41, 5.74) is 3.23. The van der Waals surface area contributed by atoms with E-state index in [1.54, 1.807) is 6.07 Å². The van der Waals surface area contributed by atoms with Gasteiger partial charge in [-0.25, -0.2) is 14.4 Å². The van der Waals surface area contributed by atoms with Gasteiger partial charge in [0.2, 0.25) is 0 Å².